The topological polar surface area (TPSA) is 69.6 Å². The van der Waals surface area contributed by atoms with Crippen LogP contribution in [-0.4, -0.2) is 16.2 Å². The van der Waals surface area contributed by atoms with Crippen molar-refractivity contribution in [3.63, 3.8) is 0 Å². The van der Waals surface area contributed by atoms with Crippen LogP contribution in [0.15, 0.2) is 48.5 Å². The molecule has 4 heteroatoms. The molecule has 0 radical (unpaired) electrons. The minimum Gasteiger partial charge on any atom is -0.508 e. The normalized spacial score (nSPS) is 11.8. The van der Waals surface area contributed by atoms with Gasteiger partial charge in [-0.3, -0.25) is 0 Å². The van der Waals surface area contributed by atoms with Gasteiger partial charge in [-0.25, -0.2) is 4.79 Å². The lowest BCUT2D eigenvalue weighted by Crippen LogP contribution is -2.20. The van der Waals surface area contributed by atoms with Crippen molar-refractivity contribution in [2.75, 3.05) is 5.32 Å². The van der Waals surface area contributed by atoms with E-state index in [0.29, 0.717) is 5.56 Å². The fraction of sp³-hybridized carbons (Fsp3) is 0.133. The Bertz CT molecular complexity index is 561. The maximum Gasteiger partial charge on any atom is 0.330 e. The van der Waals surface area contributed by atoms with E-state index < -0.39 is 12.0 Å². The maximum atomic E-state index is 11.3. The molecule has 3 N–H and O–H groups in total. The summed E-state index contributed by atoms with van der Waals surface area (Å²) in [5.74, 6) is -0.852. The molecule has 0 spiro atoms. The number of carbonyl (C=O) groups is 1. The van der Waals surface area contributed by atoms with Gasteiger partial charge in [-0.2, -0.15) is 0 Å². The molecule has 19 heavy (non-hydrogen) atoms. The van der Waals surface area contributed by atoms with E-state index in [1.807, 2.05) is 31.2 Å². The summed E-state index contributed by atoms with van der Waals surface area (Å²) in [7, 11) is 0. The number of nitrogens with one attached hydrogen (secondary N) is 1. The molecular formula is C15H15NO3. The third kappa shape index (κ3) is 3.25. The second kappa shape index (κ2) is 5.44. The summed E-state index contributed by atoms with van der Waals surface area (Å²) in [6.07, 6.45) is 0. The first-order chi connectivity index (χ1) is 9.06. The zero-order valence-electron chi connectivity index (χ0n) is 10.5. The molecule has 2 rings (SSSR count). The molecule has 0 bridgehead atoms. The van der Waals surface area contributed by atoms with Gasteiger partial charge in [0.05, 0.1) is 0 Å². The monoisotopic (exact) mass is 257 g/mol. The molecule has 0 aliphatic heterocycles. The number of hydrogen-bond donors (Lipinski definition) is 3. The van der Waals surface area contributed by atoms with Crippen molar-refractivity contribution in [2.45, 2.75) is 13.0 Å². The van der Waals surface area contributed by atoms with Crippen molar-refractivity contribution in [1.82, 2.24) is 0 Å². The van der Waals surface area contributed by atoms with Crippen molar-refractivity contribution in [1.29, 1.82) is 0 Å². The van der Waals surface area contributed by atoms with Gasteiger partial charge in [-0.1, -0.05) is 29.8 Å². The predicted octanol–water partition coefficient (Wildman–Crippen LogP) is 2.94. The van der Waals surface area contributed by atoms with Crippen LogP contribution in [0.25, 0.3) is 0 Å². The Kier molecular flexibility index (Phi) is 3.71. The summed E-state index contributed by atoms with van der Waals surface area (Å²) in [4.78, 5) is 11.3. The number of rotatable bonds is 4. The summed E-state index contributed by atoms with van der Waals surface area (Å²) >= 11 is 0. The van der Waals surface area contributed by atoms with Crippen molar-refractivity contribution in [2.24, 2.45) is 0 Å². The Morgan fingerprint density at radius 1 is 1.05 bits per heavy atom. The minimum atomic E-state index is -0.966. The fourth-order valence-electron chi connectivity index (χ4n) is 1.77. The van der Waals surface area contributed by atoms with Gasteiger partial charge < -0.3 is 15.5 Å². The average molecular weight is 257 g/mol. The van der Waals surface area contributed by atoms with Gasteiger partial charge in [0, 0.05) is 5.69 Å². The summed E-state index contributed by atoms with van der Waals surface area (Å²) in [5.41, 5.74) is 2.44. The zero-order valence-corrected chi connectivity index (χ0v) is 10.5. The number of aromatic hydroxyl groups is 1. The van der Waals surface area contributed by atoms with Crippen molar-refractivity contribution in [3.05, 3.63) is 59.7 Å². The van der Waals surface area contributed by atoms with E-state index in [-0.39, 0.29) is 5.75 Å². The van der Waals surface area contributed by atoms with E-state index in [1.165, 1.54) is 12.1 Å². The van der Waals surface area contributed by atoms with E-state index in [9.17, 15) is 15.0 Å². The van der Waals surface area contributed by atoms with E-state index in [0.717, 1.165) is 11.3 Å². The number of carboxylic acid groups (broad SMARTS) is 1. The van der Waals surface area contributed by atoms with Gasteiger partial charge in [0.1, 0.15) is 5.75 Å². The Hall–Kier alpha value is -2.49. The summed E-state index contributed by atoms with van der Waals surface area (Å²) in [5, 5.41) is 21.5. The SMILES string of the molecule is Cc1ccc(NC(C(=O)O)c2ccc(O)cc2)cc1. The lowest BCUT2D eigenvalue weighted by atomic mass is 10.1. The molecular weight excluding hydrogens is 242 g/mol. The molecule has 0 aliphatic carbocycles. The Morgan fingerprint density at radius 2 is 1.63 bits per heavy atom. The highest BCUT2D eigenvalue weighted by Crippen LogP contribution is 2.22. The van der Waals surface area contributed by atoms with E-state index in [4.69, 9.17) is 0 Å². The van der Waals surface area contributed by atoms with Crippen LogP contribution in [0.1, 0.15) is 17.2 Å². The lowest BCUT2D eigenvalue weighted by molar-refractivity contribution is -0.138. The quantitative estimate of drug-likeness (QED) is 0.787. The van der Waals surface area contributed by atoms with Crippen LogP contribution in [0.3, 0.4) is 0 Å². The molecule has 0 fully saturated rings. The smallest absolute Gasteiger partial charge is 0.330 e. The van der Waals surface area contributed by atoms with Gasteiger partial charge in [0.2, 0.25) is 0 Å². The standard InChI is InChI=1S/C15H15NO3/c1-10-2-6-12(7-3-10)16-14(15(18)19)11-4-8-13(17)9-5-11/h2-9,14,16-17H,1H3,(H,18,19). The first-order valence-electron chi connectivity index (χ1n) is 5.91. The van der Waals surface area contributed by atoms with Crippen LogP contribution in [0.5, 0.6) is 5.75 Å². The number of aryl methyl sites for hydroxylation is 1. The van der Waals surface area contributed by atoms with Gasteiger partial charge in [0.15, 0.2) is 6.04 Å². The molecule has 0 aromatic heterocycles. The average Bonchev–Trinajstić information content (AvgIpc) is 2.39. The number of aliphatic carboxylic acids is 1. The summed E-state index contributed by atoms with van der Waals surface area (Å²) in [6.45, 7) is 1.97. The largest absolute Gasteiger partial charge is 0.508 e. The van der Waals surface area contributed by atoms with Crippen molar-refractivity contribution < 1.29 is 15.0 Å². The molecule has 0 saturated heterocycles. The number of carboxylic acids is 1. The highest BCUT2D eigenvalue weighted by molar-refractivity contribution is 5.79. The van der Waals surface area contributed by atoms with E-state index in [1.54, 1.807) is 12.1 Å². The lowest BCUT2D eigenvalue weighted by Gasteiger charge is -2.16. The zero-order chi connectivity index (χ0) is 13.8. The minimum absolute atomic E-state index is 0.114. The molecule has 0 saturated carbocycles. The molecule has 0 aliphatic rings. The molecule has 98 valence electrons. The number of phenolic OH excluding ortho intramolecular Hbond substituents is 1. The number of benzene rings is 2. The van der Waals surface area contributed by atoms with Crippen molar-refractivity contribution >= 4 is 11.7 Å². The van der Waals surface area contributed by atoms with Crippen LogP contribution >= 0.6 is 0 Å². The summed E-state index contributed by atoms with van der Waals surface area (Å²) < 4.78 is 0. The van der Waals surface area contributed by atoms with Crippen LogP contribution in [0.4, 0.5) is 5.69 Å². The van der Waals surface area contributed by atoms with Crippen molar-refractivity contribution in [3.8, 4) is 5.75 Å². The summed E-state index contributed by atoms with van der Waals surface area (Å²) in [6, 6.07) is 12.8. The molecule has 2 aromatic rings. The predicted molar refractivity (Wildman–Crippen MR) is 73.3 cm³/mol. The highest BCUT2D eigenvalue weighted by atomic mass is 16.4. The molecule has 1 atom stereocenters. The van der Waals surface area contributed by atoms with Crippen LogP contribution < -0.4 is 5.32 Å². The van der Waals surface area contributed by atoms with Crippen LogP contribution in [-0.2, 0) is 4.79 Å². The molecule has 0 amide bonds. The fourth-order valence-corrected chi connectivity index (χ4v) is 1.77. The van der Waals surface area contributed by atoms with Gasteiger partial charge in [-0.05, 0) is 36.8 Å². The second-order valence-electron chi connectivity index (χ2n) is 4.37. The van der Waals surface area contributed by atoms with Gasteiger partial charge in [-0.15, -0.1) is 0 Å². The Labute approximate surface area is 111 Å². The second-order valence-corrected chi connectivity index (χ2v) is 4.37. The molecule has 4 nitrogen and oxygen atoms in total. The Morgan fingerprint density at radius 3 is 2.16 bits per heavy atom. The van der Waals surface area contributed by atoms with Crippen LogP contribution in [0, 0.1) is 6.92 Å². The van der Waals surface area contributed by atoms with Gasteiger partial charge in [0.25, 0.3) is 0 Å². The number of anilines is 1. The van der Waals surface area contributed by atoms with E-state index in [2.05, 4.69) is 5.32 Å². The highest BCUT2D eigenvalue weighted by Gasteiger charge is 2.19. The molecule has 1 unspecified atom stereocenters. The molecule has 0 heterocycles. The maximum absolute atomic E-state index is 11.3. The Balaban J connectivity index is 2.23. The van der Waals surface area contributed by atoms with Crippen LogP contribution in [0.2, 0.25) is 0 Å². The van der Waals surface area contributed by atoms with Gasteiger partial charge >= 0.3 is 5.97 Å². The van der Waals surface area contributed by atoms with E-state index >= 15 is 0 Å². The number of phenols is 1. The molecule has 2 aromatic carbocycles. The first-order valence-corrected chi connectivity index (χ1v) is 5.91. The third-order valence-electron chi connectivity index (χ3n) is 2.84. The first kappa shape index (κ1) is 13.0. The number of hydrogen-bond acceptors (Lipinski definition) is 3. The third-order valence-corrected chi connectivity index (χ3v) is 2.84.